The van der Waals surface area contributed by atoms with Crippen molar-refractivity contribution < 1.29 is 14.6 Å². The fourth-order valence-electron chi connectivity index (χ4n) is 2.26. The molecule has 0 aliphatic heterocycles. The van der Waals surface area contributed by atoms with E-state index in [0.29, 0.717) is 18.1 Å². The third-order valence-electron chi connectivity index (χ3n) is 3.67. The second kappa shape index (κ2) is 8.75. The van der Waals surface area contributed by atoms with Gasteiger partial charge in [0.25, 0.3) is 0 Å². The maximum Gasteiger partial charge on any atom is 0.373 e. The van der Waals surface area contributed by atoms with Crippen LogP contribution in [-0.4, -0.2) is 12.6 Å². The van der Waals surface area contributed by atoms with Crippen molar-refractivity contribution in [1.29, 1.82) is 0 Å². The smallest absolute Gasteiger partial charge is 0.293 e. The van der Waals surface area contributed by atoms with Crippen LogP contribution >= 0.6 is 0 Å². The molecule has 0 spiro atoms. The Morgan fingerprint density at radius 3 is 2.40 bits per heavy atom. The molecule has 112 valence electrons. The molecular formula is C17H26O3. The van der Waals surface area contributed by atoms with Gasteiger partial charge in [-0.25, -0.2) is 4.79 Å². The van der Waals surface area contributed by atoms with E-state index in [2.05, 4.69) is 13.8 Å². The standard InChI is InChI=1S/C17H26O3/c1-5-7-11-15(6-2)12-19-20-17(18)16-13(3)9-8-10-14(16)4/h8-10,15H,5-7,11-12H2,1-4H3. The zero-order valence-corrected chi connectivity index (χ0v) is 13.1. The molecule has 0 N–H and O–H groups in total. The van der Waals surface area contributed by atoms with Crippen molar-refractivity contribution in [2.75, 3.05) is 6.61 Å². The summed E-state index contributed by atoms with van der Waals surface area (Å²) in [6.07, 6.45) is 4.53. The fraction of sp³-hybridized carbons (Fsp3) is 0.588. The van der Waals surface area contributed by atoms with E-state index in [1.54, 1.807) is 0 Å². The molecule has 1 aromatic rings. The lowest BCUT2D eigenvalue weighted by Gasteiger charge is -2.14. The van der Waals surface area contributed by atoms with Crippen molar-refractivity contribution in [3.05, 3.63) is 34.9 Å². The van der Waals surface area contributed by atoms with Crippen LogP contribution < -0.4 is 0 Å². The van der Waals surface area contributed by atoms with E-state index in [1.807, 2.05) is 32.0 Å². The monoisotopic (exact) mass is 278 g/mol. The first kappa shape index (κ1) is 16.7. The Hall–Kier alpha value is -1.35. The minimum atomic E-state index is -0.397. The normalized spacial score (nSPS) is 12.2. The Labute approximate surface area is 122 Å². The number of rotatable bonds is 8. The van der Waals surface area contributed by atoms with Gasteiger partial charge < -0.3 is 0 Å². The Kier molecular flexibility index (Phi) is 7.31. The van der Waals surface area contributed by atoms with E-state index in [9.17, 15) is 4.79 Å². The van der Waals surface area contributed by atoms with Crippen LogP contribution in [0.5, 0.6) is 0 Å². The van der Waals surface area contributed by atoms with Crippen molar-refractivity contribution >= 4 is 5.97 Å². The van der Waals surface area contributed by atoms with E-state index in [0.717, 1.165) is 24.0 Å². The van der Waals surface area contributed by atoms with Gasteiger partial charge in [0.15, 0.2) is 0 Å². The molecule has 0 heterocycles. The number of unbranched alkanes of at least 4 members (excludes halogenated alkanes) is 1. The summed E-state index contributed by atoms with van der Waals surface area (Å²) >= 11 is 0. The molecule has 0 radical (unpaired) electrons. The number of carbonyl (C=O) groups excluding carboxylic acids is 1. The minimum absolute atomic E-state index is 0.397. The lowest BCUT2D eigenvalue weighted by atomic mass is 10.0. The second-order valence-corrected chi connectivity index (χ2v) is 5.34. The van der Waals surface area contributed by atoms with Gasteiger partial charge in [0, 0.05) is 0 Å². The van der Waals surface area contributed by atoms with Gasteiger partial charge in [-0.2, -0.15) is 4.89 Å². The maximum absolute atomic E-state index is 12.0. The number of aryl methyl sites for hydroxylation is 2. The highest BCUT2D eigenvalue weighted by atomic mass is 17.2. The molecule has 0 aliphatic rings. The zero-order chi connectivity index (χ0) is 15.0. The molecule has 1 aromatic carbocycles. The molecule has 20 heavy (non-hydrogen) atoms. The zero-order valence-electron chi connectivity index (χ0n) is 13.1. The molecule has 1 unspecified atom stereocenters. The highest BCUT2D eigenvalue weighted by Gasteiger charge is 2.15. The van der Waals surface area contributed by atoms with Crippen molar-refractivity contribution in [1.82, 2.24) is 0 Å². The molecule has 0 saturated carbocycles. The number of hydrogen-bond donors (Lipinski definition) is 0. The average Bonchev–Trinajstić information content (AvgIpc) is 2.42. The van der Waals surface area contributed by atoms with Crippen molar-refractivity contribution in [3.8, 4) is 0 Å². The van der Waals surface area contributed by atoms with Gasteiger partial charge in [0.2, 0.25) is 0 Å². The Balaban J connectivity index is 2.47. The van der Waals surface area contributed by atoms with Crippen LogP contribution in [0.2, 0.25) is 0 Å². The van der Waals surface area contributed by atoms with Crippen LogP contribution in [0.25, 0.3) is 0 Å². The third kappa shape index (κ3) is 4.97. The number of carbonyl (C=O) groups is 1. The first-order chi connectivity index (χ1) is 9.60. The summed E-state index contributed by atoms with van der Waals surface area (Å²) < 4.78 is 0. The van der Waals surface area contributed by atoms with Gasteiger partial charge in [-0.1, -0.05) is 51.3 Å². The first-order valence-corrected chi connectivity index (χ1v) is 7.50. The predicted molar refractivity (Wildman–Crippen MR) is 80.6 cm³/mol. The summed E-state index contributed by atoms with van der Waals surface area (Å²) in [6, 6.07) is 5.74. The fourth-order valence-corrected chi connectivity index (χ4v) is 2.26. The van der Waals surface area contributed by atoms with Gasteiger partial charge in [-0.3, -0.25) is 4.89 Å². The second-order valence-electron chi connectivity index (χ2n) is 5.34. The van der Waals surface area contributed by atoms with E-state index in [4.69, 9.17) is 9.78 Å². The summed E-state index contributed by atoms with van der Waals surface area (Å²) in [5.74, 6) is 0.0617. The number of hydrogen-bond acceptors (Lipinski definition) is 3. The molecule has 0 bridgehead atoms. The van der Waals surface area contributed by atoms with Crippen LogP contribution in [0.4, 0.5) is 0 Å². The molecule has 1 rings (SSSR count). The molecule has 0 aliphatic carbocycles. The van der Waals surface area contributed by atoms with Crippen LogP contribution in [0.3, 0.4) is 0 Å². The van der Waals surface area contributed by atoms with Crippen LogP contribution in [0, 0.1) is 19.8 Å². The van der Waals surface area contributed by atoms with Crippen LogP contribution in [0.15, 0.2) is 18.2 Å². The van der Waals surface area contributed by atoms with Crippen molar-refractivity contribution in [2.24, 2.45) is 5.92 Å². The molecular weight excluding hydrogens is 252 g/mol. The third-order valence-corrected chi connectivity index (χ3v) is 3.67. The number of benzene rings is 1. The summed E-state index contributed by atoms with van der Waals surface area (Å²) in [7, 11) is 0. The average molecular weight is 278 g/mol. The summed E-state index contributed by atoms with van der Waals surface area (Å²) in [5, 5.41) is 0. The van der Waals surface area contributed by atoms with Gasteiger partial charge in [-0.15, -0.1) is 0 Å². The summed E-state index contributed by atoms with van der Waals surface area (Å²) in [5.41, 5.74) is 2.43. The molecule has 0 amide bonds. The Bertz CT molecular complexity index is 406. The van der Waals surface area contributed by atoms with Crippen molar-refractivity contribution in [3.63, 3.8) is 0 Å². The van der Waals surface area contributed by atoms with E-state index >= 15 is 0 Å². The molecule has 0 saturated heterocycles. The van der Waals surface area contributed by atoms with Crippen LogP contribution in [-0.2, 0) is 9.78 Å². The van der Waals surface area contributed by atoms with Gasteiger partial charge in [-0.05, 0) is 37.3 Å². The first-order valence-electron chi connectivity index (χ1n) is 7.50. The SMILES string of the molecule is CCCCC(CC)COOC(=O)c1c(C)cccc1C. The highest BCUT2D eigenvalue weighted by Crippen LogP contribution is 2.16. The molecule has 0 aromatic heterocycles. The van der Waals surface area contributed by atoms with E-state index in [-0.39, 0.29) is 0 Å². The highest BCUT2D eigenvalue weighted by molar-refractivity contribution is 5.92. The lowest BCUT2D eigenvalue weighted by molar-refractivity contribution is -0.249. The molecule has 3 nitrogen and oxygen atoms in total. The van der Waals surface area contributed by atoms with Gasteiger partial charge in [0.05, 0.1) is 12.2 Å². The van der Waals surface area contributed by atoms with Crippen molar-refractivity contribution in [2.45, 2.75) is 53.4 Å². The summed E-state index contributed by atoms with van der Waals surface area (Å²) in [6.45, 7) is 8.60. The van der Waals surface area contributed by atoms with E-state index < -0.39 is 5.97 Å². The summed E-state index contributed by atoms with van der Waals surface area (Å²) in [4.78, 5) is 22.1. The van der Waals surface area contributed by atoms with E-state index in [1.165, 1.54) is 12.8 Å². The predicted octanol–water partition coefficient (Wildman–Crippen LogP) is 4.61. The molecule has 1 atom stereocenters. The van der Waals surface area contributed by atoms with Crippen LogP contribution in [0.1, 0.15) is 61.0 Å². The maximum atomic E-state index is 12.0. The molecule has 0 fully saturated rings. The topological polar surface area (TPSA) is 35.5 Å². The quantitative estimate of drug-likeness (QED) is 0.514. The Morgan fingerprint density at radius 2 is 1.85 bits per heavy atom. The minimum Gasteiger partial charge on any atom is -0.293 e. The van der Waals surface area contributed by atoms with Gasteiger partial charge >= 0.3 is 5.97 Å². The lowest BCUT2D eigenvalue weighted by Crippen LogP contribution is -2.14. The molecule has 3 heteroatoms. The largest absolute Gasteiger partial charge is 0.373 e. The van der Waals surface area contributed by atoms with Gasteiger partial charge in [0.1, 0.15) is 0 Å². The Morgan fingerprint density at radius 1 is 1.20 bits per heavy atom.